The van der Waals surface area contributed by atoms with Crippen molar-refractivity contribution in [3.63, 3.8) is 0 Å². The number of nitrogens with one attached hydrogen (secondary N) is 1. The molecule has 0 aliphatic rings. The van der Waals surface area contributed by atoms with Crippen LogP contribution in [0.3, 0.4) is 0 Å². The normalized spacial score (nSPS) is 12.3. The van der Waals surface area contributed by atoms with Gasteiger partial charge in [-0.2, -0.15) is 0 Å². The summed E-state index contributed by atoms with van der Waals surface area (Å²) in [6.07, 6.45) is 10.4. The van der Waals surface area contributed by atoms with Gasteiger partial charge in [-0.25, -0.2) is 4.98 Å². The zero-order chi connectivity index (χ0) is 14.4. The Morgan fingerprint density at radius 3 is 2.90 bits per heavy atom. The number of benzene rings is 1. The molecule has 0 saturated carbocycles. The van der Waals surface area contributed by atoms with Crippen LogP contribution in [0.15, 0.2) is 36.9 Å². The van der Waals surface area contributed by atoms with Crippen molar-refractivity contribution < 1.29 is 0 Å². The lowest BCUT2D eigenvalue weighted by Gasteiger charge is -2.19. The number of para-hydroxylation sites is 1. The van der Waals surface area contributed by atoms with E-state index in [0.717, 1.165) is 16.4 Å². The van der Waals surface area contributed by atoms with E-state index in [1.165, 1.54) is 25.7 Å². The molecule has 1 aromatic carbocycles. The number of anilines is 1. The van der Waals surface area contributed by atoms with Crippen molar-refractivity contribution >= 4 is 17.3 Å². The molecule has 0 spiro atoms. The van der Waals surface area contributed by atoms with Crippen molar-refractivity contribution in [1.29, 1.82) is 0 Å². The average Bonchev–Trinajstić information content (AvgIpc) is 2.93. The lowest BCUT2D eigenvalue weighted by atomic mass is 10.1. The molecule has 2 aromatic rings. The number of rotatable bonds is 7. The van der Waals surface area contributed by atoms with E-state index in [9.17, 15) is 0 Å². The minimum atomic E-state index is 0.433. The number of hydrogen-bond acceptors (Lipinski definition) is 2. The molecule has 20 heavy (non-hydrogen) atoms. The summed E-state index contributed by atoms with van der Waals surface area (Å²) in [5, 5.41) is 4.30. The Morgan fingerprint density at radius 1 is 1.35 bits per heavy atom. The van der Waals surface area contributed by atoms with Gasteiger partial charge in [-0.3, -0.25) is 0 Å². The van der Waals surface area contributed by atoms with Crippen LogP contribution in [0.25, 0.3) is 5.69 Å². The Kier molecular flexibility index (Phi) is 5.48. The third-order valence-corrected chi connectivity index (χ3v) is 3.70. The van der Waals surface area contributed by atoms with Crippen LogP contribution in [0.4, 0.5) is 5.69 Å². The average molecular weight is 292 g/mol. The van der Waals surface area contributed by atoms with Crippen LogP contribution in [0, 0.1) is 0 Å². The van der Waals surface area contributed by atoms with E-state index in [-0.39, 0.29) is 0 Å². The Labute approximate surface area is 126 Å². The molecule has 3 nitrogen and oxygen atoms in total. The smallest absolute Gasteiger partial charge is 0.0992 e. The number of aromatic nitrogens is 2. The monoisotopic (exact) mass is 291 g/mol. The van der Waals surface area contributed by atoms with Crippen LogP contribution >= 0.6 is 11.6 Å². The number of nitrogens with zero attached hydrogens (tertiary/aromatic N) is 2. The molecule has 4 heteroatoms. The summed E-state index contributed by atoms with van der Waals surface area (Å²) in [6, 6.07) is 6.38. The largest absolute Gasteiger partial charge is 0.381 e. The SMILES string of the molecule is CCCCCC(C)Nc1cccc(Cl)c1-n1ccnc1. The topological polar surface area (TPSA) is 29.9 Å². The van der Waals surface area contributed by atoms with Gasteiger partial charge in [-0.1, -0.05) is 43.9 Å². The summed E-state index contributed by atoms with van der Waals surface area (Å²) >= 11 is 6.34. The summed E-state index contributed by atoms with van der Waals surface area (Å²) in [7, 11) is 0. The van der Waals surface area contributed by atoms with Crippen LogP contribution < -0.4 is 5.32 Å². The van der Waals surface area contributed by atoms with Crippen molar-refractivity contribution in [3.05, 3.63) is 41.9 Å². The maximum absolute atomic E-state index is 6.34. The summed E-state index contributed by atoms with van der Waals surface area (Å²) in [5.41, 5.74) is 2.02. The second kappa shape index (κ2) is 7.34. The first kappa shape index (κ1) is 14.9. The van der Waals surface area contributed by atoms with Crippen molar-refractivity contribution in [2.24, 2.45) is 0 Å². The molecule has 1 N–H and O–H groups in total. The molecular weight excluding hydrogens is 270 g/mol. The second-order valence-corrected chi connectivity index (χ2v) is 5.55. The highest BCUT2D eigenvalue weighted by Gasteiger charge is 2.11. The minimum Gasteiger partial charge on any atom is -0.381 e. The van der Waals surface area contributed by atoms with Crippen LogP contribution in [-0.2, 0) is 0 Å². The maximum Gasteiger partial charge on any atom is 0.0992 e. The number of halogens is 1. The fraction of sp³-hybridized carbons (Fsp3) is 0.438. The molecule has 0 bridgehead atoms. The number of imidazole rings is 1. The molecule has 1 atom stereocenters. The second-order valence-electron chi connectivity index (χ2n) is 5.15. The maximum atomic E-state index is 6.34. The highest BCUT2D eigenvalue weighted by atomic mass is 35.5. The van der Waals surface area contributed by atoms with Gasteiger partial charge in [0.05, 0.1) is 22.7 Å². The van der Waals surface area contributed by atoms with Crippen molar-refractivity contribution in [1.82, 2.24) is 9.55 Å². The quantitative estimate of drug-likeness (QED) is 0.735. The van der Waals surface area contributed by atoms with Crippen LogP contribution in [0.2, 0.25) is 5.02 Å². The van der Waals surface area contributed by atoms with Crippen LogP contribution in [0.1, 0.15) is 39.5 Å². The molecule has 0 fully saturated rings. The molecule has 1 aromatic heterocycles. The number of unbranched alkanes of at least 4 members (excludes halogenated alkanes) is 2. The van der Waals surface area contributed by atoms with Crippen molar-refractivity contribution in [3.8, 4) is 5.69 Å². The zero-order valence-corrected chi connectivity index (χ0v) is 12.9. The Hall–Kier alpha value is -1.48. The van der Waals surface area contributed by atoms with Gasteiger partial charge in [-0.05, 0) is 25.5 Å². The first-order valence-corrected chi connectivity index (χ1v) is 7.63. The standard InChI is InChI=1S/C16H22ClN3/c1-3-4-5-7-13(2)19-15-9-6-8-14(17)16(15)20-11-10-18-12-20/h6,8-13,19H,3-5,7H2,1-2H3. The summed E-state index contributed by atoms with van der Waals surface area (Å²) < 4.78 is 1.95. The van der Waals surface area contributed by atoms with E-state index in [1.807, 2.05) is 22.9 Å². The number of hydrogen-bond donors (Lipinski definition) is 1. The zero-order valence-electron chi connectivity index (χ0n) is 12.1. The van der Waals surface area contributed by atoms with Crippen molar-refractivity contribution in [2.45, 2.75) is 45.6 Å². The summed E-state index contributed by atoms with van der Waals surface area (Å²) in [4.78, 5) is 4.10. The minimum absolute atomic E-state index is 0.433. The Bertz CT molecular complexity index is 523. The van der Waals surface area contributed by atoms with Gasteiger partial charge in [0.2, 0.25) is 0 Å². The molecule has 2 rings (SSSR count). The summed E-state index contributed by atoms with van der Waals surface area (Å²) in [5.74, 6) is 0. The molecule has 0 saturated heterocycles. The lowest BCUT2D eigenvalue weighted by molar-refractivity contribution is 0.615. The van der Waals surface area contributed by atoms with Gasteiger partial charge >= 0.3 is 0 Å². The Balaban J connectivity index is 2.14. The molecular formula is C16H22ClN3. The van der Waals surface area contributed by atoms with Crippen LogP contribution in [0.5, 0.6) is 0 Å². The molecule has 1 unspecified atom stereocenters. The van der Waals surface area contributed by atoms with Gasteiger partial charge in [0, 0.05) is 18.4 Å². The van der Waals surface area contributed by atoms with Gasteiger partial charge in [-0.15, -0.1) is 0 Å². The van der Waals surface area contributed by atoms with Gasteiger partial charge in [0.15, 0.2) is 0 Å². The van der Waals surface area contributed by atoms with E-state index < -0.39 is 0 Å². The third-order valence-electron chi connectivity index (χ3n) is 3.39. The van der Waals surface area contributed by atoms with Crippen LogP contribution in [-0.4, -0.2) is 15.6 Å². The third kappa shape index (κ3) is 3.76. The summed E-state index contributed by atoms with van der Waals surface area (Å²) in [6.45, 7) is 4.44. The van der Waals surface area contributed by atoms with Gasteiger partial charge < -0.3 is 9.88 Å². The highest BCUT2D eigenvalue weighted by molar-refractivity contribution is 6.33. The molecule has 0 aliphatic heterocycles. The van der Waals surface area contributed by atoms with E-state index in [2.05, 4.69) is 30.2 Å². The first-order valence-electron chi connectivity index (χ1n) is 7.25. The molecule has 0 radical (unpaired) electrons. The fourth-order valence-electron chi connectivity index (χ4n) is 2.32. The van der Waals surface area contributed by atoms with E-state index in [0.29, 0.717) is 6.04 Å². The van der Waals surface area contributed by atoms with Gasteiger partial charge in [0.1, 0.15) is 0 Å². The predicted molar refractivity (Wildman–Crippen MR) is 85.8 cm³/mol. The molecule has 108 valence electrons. The first-order chi connectivity index (χ1) is 9.72. The van der Waals surface area contributed by atoms with Gasteiger partial charge in [0.25, 0.3) is 0 Å². The predicted octanol–water partition coefficient (Wildman–Crippen LogP) is 4.91. The molecule has 0 amide bonds. The molecule has 0 aliphatic carbocycles. The van der Waals surface area contributed by atoms with E-state index in [4.69, 9.17) is 11.6 Å². The fourth-order valence-corrected chi connectivity index (χ4v) is 2.60. The molecule has 1 heterocycles. The Morgan fingerprint density at radius 2 is 2.20 bits per heavy atom. The van der Waals surface area contributed by atoms with Crippen molar-refractivity contribution in [2.75, 3.05) is 5.32 Å². The van der Waals surface area contributed by atoms with E-state index >= 15 is 0 Å². The highest BCUT2D eigenvalue weighted by Crippen LogP contribution is 2.29. The van der Waals surface area contributed by atoms with E-state index in [1.54, 1.807) is 12.5 Å². The lowest BCUT2D eigenvalue weighted by Crippen LogP contribution is -2.16.